The number of nitrogens with one attached hydrogen (secondary N) is 1. The molecule has 0 aliphatic rings. The predicted molar refractivity (Wildman–Crippen MR) is 73.6 cm³/mol. The molecule has 0 aliphatic carbocycles. The van der Waals surface area contributed by atoms with Gasteiger partial charge in [-0.05, 0) is 24.3 Å². The average molecular weight is 288 g/mol. The van der Waals surface area contributed by atoms with Crippen LogP contribution in [-0.2, 0) is 14.6 Å². The van der Waals surface area contributed by atoms with Crippen molar-refractivity contribution in [1.29, 1.82) is 0 Å². The number of sulfone groups is 1. The predicted octanol–water partition coefficient (Wildman–Crippen LogP) is 1.57. The van der Waals surface area contributed by atoms with Gasteiger partial charge in [-0.15, -0.1) is 0 Å². The maximum Gasteiger partial charge on any atom is 0.234 e. The Bertz CT molecular complexity index is 498. The monoisotopic (exact) mass is 288 g/mol. The minimum atomic E-state index is -3.29. The van der Waals surface area contributed by atoms with Crippen molar-refractivity contribution >= 4 is 33.2 Å². The summed E-state index contributed by atoms with van der Waals surface area (Å²) in [4.78, 5) is 15.3. The molecule has 5 nitrogen and oxygen atoms in total. The first-order valence-electron chi connectivity index (χ1n) is 5.47. The van der Waals surface area contributed by atoms with E-state index in [4.69, 9.17) is 0 Å². The summed E-state index contributed by atoms with van der Waals surface area (Å²) in [5.41, 5.74) is 0.504. The van der Waals surface area contributed by atoms with Gasteiger partial charge in [0.1, 0.15) is 0 Å². The summed E-state index contributed by atoms with van der Waals surface area (Å²) in [6, 6.07) is 2.91. The van der Waals surface area contributed by atoms with E-state index in [1.807, 2.05) is 0 Å². The quantitative estimate of drug-likeness (QED) is 0.804. The lowest BCUT2D eigenvalue weighted by atomic mass is 10.4. The standard InChI is InChI=1S/C11H16N2O3S2/c1-3-6-17-8-10(14)13-9-4-5-11(12-7-9)18(2,15)16/h4-5,7H,3,6,8H2,1-2H3,(H,13,14). The van der Waals surface area contributed by atoms with E-state index in [1.54, 1.807) is 11.8 Å². The molecule has 7 heteroatoms. The summed E-state index contributed by atoms with van der Waals surface area (Å²) >= 11 is 1.56. The first-order chi connectivity index (χ1) is 8.43. The molecule has 1 heterocycles. The third kappa shape index (κ3) is 5.05. The second kappa shape index (κ2) is 6.75. The summed E-state index contributed by atoms with van der Waals surface area (Å²) in [6.07, 6.45) is 3.47. The Hall–Kier alpha value is -1.08. The molecule has 1 amide bonds. The van der Waals surface area contributed by atoms with Crippen molar-refractivity contribution in [3.8, 4) is 0 Å². The van der Waals surface area contributed by atoms with E-state index < -0.39 is 9.84 Å². The van der Waals surface area contributed by atoms with Gasteiger partial charge in [0.25, 0.3) is 0 Å². The van der Waals surface area contributed by atoms with Crippen LogP contribution in [0.2, 0.25) is 0 Å². The molecule has 18 heavy (non-hydrogen) atoms. The number of hydrogen-bond acceptors (Lipinski definition) is 5. The molecule has 0 bridgehead atoms. The molecule has 1 rings (SSSR count). The Morgan fingerprint density at radius 2 is 2.17 bits per heavy atom. The number of hydrogen-bond donors (Lipinski definition) is 1. The Kier molecular flexibility index (Phi) is 5.61. The summed E-state index contributed by atoms with van der Waals surface area (Å²) in [6.45, 7) is 2.05. The lowest BCUT2D eigenvalue weighted by molar-refractivity contribution is -0.113. The van der Waals surface area contributed by atoms with Gasteiger partial charge in [-0.2, -0.15) is 11.8 Å². The molecule has 1 aromatic rings. The molecule has 0 saturated heterocycles. The molecule has 0 aromatic carbocycles. The van der Waals surface area contributed by atoms with Gasteiger partial charge in [0, 0.05) is 6.26 Å². The van der Waals surface area contributed by atoms with Crippen LogP contribution in [0.4, 0.5) is 5.69 Å². The zero-order valence-corrected chi connectivity index (χ0v) is 12.0. The molecule has 0 atom stereocenters. The number of nitrogens with zero attached hydrogens (tertiary/aromatic N) is 1. The molecule has 1 aromatic heterocycles. The number of aromatic nitrogens is 1. The largest absolute Gasteiger partial charge is 0.324 e. The molecule has 100 valence electrons. The lowest BCUT2D eigenvalue weighted by Crippen LogP contribution is -2.14. The van der Waals surface area contributed by atoms with Crippen molar-refractivity contribution < 1.29 is 13.2 Å². The fourth-order valence-electron chi connectivity index (χ4n) is 1.18. The van der Waals surface area contributed by atoms with E-state index in [9.17, 15) is 13.2 Å². The number of carbonyl (C=O) groups excluding carboxylic acids is 1. The highest BCUT2D eigenvalue weighted by Gasteiger charge is 2.09. The minimum Gasteiger partial charge on any atom is -0.324 e. The topological polar surface area (TPSA) is 76.1 Å². The number of thioether (sulfide) groups is 1. The van der Waals surface area contributed by atoms with Crippen LogP contribution in [0.5, 0.6) is 0 Å². The average Bonchev–Trinajstić information content (AvgIpc) is 2.29. The number of anilines is 1. The van der Waals surface area contributed by atoms with E-state index in [0.717, 1.165) is 18.4 Å². The minimum absolute atomic E-state index is 0.000793. The van der Waals surface area contributed by atoms with Gasteiger partial charge in [-0.1, -0.05) is 6.92 Å². The fourth-order valence-corrected chi connectivity index (χ4v) is 2.43. The van der Waals surface area contributed by atoms with Crippen LogP contribution >= 0.6 is 11.8 Å². The Labute approximate surface area is 111 Å². The summed E-state index contributed by atoms with van der Waals surface area (Å²) in [7, 11) is -3.29. The molecule has 0 fully saturated rings. The molecule has 0 saturated carbocycles. The first kappa shape index (κ1) is 15.0. The zero-order valence-electron chi connectivity index (χ0n) is 10.3. The molecule has 0 unspecified atom stereocenters. The van der Waals surface area contributed by atoms with Crippen molar-refractivity contribution in [3.05, 3.63) is 18.3 Å². The fraction of sp³-hybridized carbons (Fsp3) is 0.455. The molecular weight excluding hydrogens is 272 g/mol. The van der Waals surface area contributed by atoms with Gasteiger partial charge < -0.3 is 5.32 Å². The normalized spacial score (nSPS) is 11.2. The number of amides is 1. The molecule has 0 radical (unpaired) electrons. The van der Waals surface area contributed by atoms with Gasteiger partial charge in [-0.3, -0.25) is 4.79 Å². The SMILES string of the molecule is CCCSCC(=O)Nc1ccc(S(C)(=O)=O)nc1. The molecule has 1 N–H and O–H groups in total. The first-order valence-corrected chi connectivity index (χ1v) is 8.52. The van der Waals surface area contributed by atoms with E-state index in [1.165, 1.54) is 18.3 Å². The summed E-state index contributed by atoms with van der Waals surface area (Å²) in [5, 5.41) is 2.66. The highest BCUT2D eigenvalue weighted by atomic mass is 32.2. The van der Waals surface area contributed by atoms with Crippen LogP contribution < -0.4 is 5.32 Å². The highest BCUT2D eigenvalue weighted by Crippen LogP contribution is 2.11. The van der Waals surface area contributed by atoms with E-state index in [0.29, 0.717) is 11.4 Å². The van der Waals surface area contributed by atoms with Gasteiger partial charge in [-0.25, -0.2) is 13.4 Å². The highest BCUT2D eigenvalue weighted by molar-refractivity contribution is 7.99. The van der Waals surface area contributed by atoms with Crippen LogP contribution in [0.3, 0.4) is 0 Å². The van der Waals surface area contributed by atoms with Crippen LogP contribution in [0.15, 0.2) is 23.4 Å². The van der Waals surface area contributed by atoms with Crippen LogP contribution in [0.1, 0.15) is 13.3 Å². The van der Waals surface area contributed by atoms with Crippen molar-refractivity contribution in [2.75, 3.05) is 23.1 Å². The molecular formula is C11H16N2O3S2. The Morgan fingerprint density at radius 1 is 1.44 bits per heavy atom. The summed E-state index contributed by atoms with van der Waals surface area (Å²) < 4.78 is 22.4. The second-order valence-electron chi connectivity index (χ2n) is 3.76. The molecule has 0 spiro atoms. The third-order valence-corrected chi connectivity index (χ3v) is 4.15. The third-order valence-electron chi connectivity index (χ3n) is 1.98. The maximum atomic E-state index is 11.5. The number of pyridine rings is 1. The van der Waals surface area contributed by atoms with Gasteiger partial charge in [0.15, 0.2) is 14.9 Å². The van der Waals surface area contributed by atoms with Gasteiger partial charge >= 0.3 is 0 Å². The van der Waals surface area contributed by atoms with Gasteiger partial charge in [0.05, 0.1) is 17.6 Å². The van der Waals surface area contributed by atoms with Crippen molar-refractivity contribution in [1.82, 2.24) is 4.98 Å². The smallest absolute Gasteiger partial charge is 0.234 e. The maximum absolute atomic E-state index is 11.5. The van der Waals surface area contributed by atoms with Crippen molar-refractivity contribution in [2.45, 2.75) is 18.4 Å². The zero-order chi connectivity index (χ0) is 13.6. The number of rotatable bonds is 6. The van der Waals surface area contributed by atoms with E-state index in [-0.39, 0.29) is 10.9 Å². The van der Waals surface area contributed by atoms with E-state index >= 15 is 0 Å². The van der Waals surface area contributed by atoms with E-state index in [2.05, 4.69) is 17.2 Å². The summed E-state index contributed by atoms with van der Waals surface area (Å²) in [5.74, 6) is 1.22. The van der Waals surface area contributed by atoms with Gasteiger partial charge in [0.2, 0.25) is 5.91 Å². The van der Waals surface area contributed by atoms with Crippen LogP contribution in [-0.4, -0.2) is 37.1 Å². The Balaban J connectivity index is 2.56. The van der Waals surface area contributed by atoms with Crippen LogP contribution in [0, 0.1) is 0 Å². The van der Waals surface area contributed by atoms with Crippen LogP contribution in [0.25, 0.3) is 0 Å². The lowest BCUT2D eigenvalue weighted by Gasteiger charge is -2.05. The second-order valence-corrected chi connectivity index (χ2v) is 6.83. The van der Waals surface area contributed by atoms with Crippen molar-refractivity contribution in [3.63, 3.8) is 0 Å². The van der Waals surface area contributed by atoms with Crippen molar-refractivity contribution in [2.24, 2.45) is 0 Å². The Morgan fingerprint density at radius 3 is 2.67 bits per heavy atom. The molecule has 0 aliphatic heterocycles. The number of carbonyl (C=O) groups is 1.